The number of hydrogen-bond donors (Lipinski definition) is 0. The fourth-order valence-electron chi connectivity index (χ4n) is 9.09. The van der Waals surface area contributed by atoms with Gasteiger partial charge in [-0.1, -0.05) is 165 Å². The van der Waals surface area contributed by atoms with Crippen molar-refractivity contribution < 1.29 is 5.48 Å². The van der Waals surface area contributed by atoms with Crippen molar-refractivity contribution in [3.63, 3.8) is 0 Å². The largest absolute Gasteiger partial charge is 0.236 e. The molecular formula is C52H54N4. The third-order valence-corrected chi connectivity index (χ3v) is 13.8. The molecule has 4 heteroatoms. The van der Waals surface area contributed by atoms with Gasteiger partial charge in [0, 0.05) is 38.3 Å². The minimum atomic E-state index is -1.74. The molecule has 9 rings (SSSR count). The average Bonchev–Trinajstić information content (AvgIpc) is 3.88. The molecule has 5 aromatic carbocycles. The molecule has 7 aromatic rings. The number of nitrogens with zero attached hydrogens (tertiary/aromatic N) is 4. The summed E-state index contributed by atoms with van der Waals surface area (Å²) in [6.07, 6.45) is 0.768. The molecule has 4 heterocycles. The monoisotopic (exact) mass is 738 g/mol. The number of fused-ring (bicyclic) bond motifs is 6. The van der Waals surface area contributed by atoms with Crippen LogP contribution in [0.4, 0.5) is 0 Å². The van der Waals surface area contributed by atoms with Crippen LogP contribution in [0.15, 0.2) is 134 Å². The smallest absolute Gasteiger partial charge is 0.0687 e. The van der Waals surface area contributed by atoms with E-state index >= 15 is 0 Å². The van der Waals surface area contributed by atoms with E-state index in [-0.39, 0.29) is 34.5 Å². The predicted molar refractivity (Wildman–Crippen MR) is 231 cm³/mol. The summed E-state index contributed by atoms with van der Waals surface area (Å²) in [5, 5.41) is 9.82. The van der Waals surface area contributed by atoms with Crippen molar-refractivity contribution >= 4 is 0 Å². The second-order valence-corrected chi connectivity index (χ2v) is 17.9. The van der Waals surface area contributed by atoms with E-state index in [9.17, 15) is 5.48 Å². The third kappa shape index (κ3) is 5.55. The maximum Gasteiger partial charge on any atom is 0.0687 e. The van der Waals surface area contributed by atoms with E-state index in [0.717, 1.165) is 55.9 Å². The van der Waals surface area contributed by atoms with Gasteiger partial charge in [0.2, 0.25) is 0 Å². The number of hydrogen-bond acceptors (Lipinski definition) is 2. The zero-order chi connectivity index (χ0) is 42.6. The Morgan fingerprint density at radius 2 is 0.857 bits per heavy atom. The average molecular weight is 739 g/mol. The van der Waals surface area contributed by atoms with Crippen LogP contribution in [-0.2, 0) is 47.2 Å². The molecule has 0 fully saturated rings. The highest BCUT2D eigenvalue weighted by Gasteiger charge is 2.49. The van der Waals surface area contributed by atoms with E-state index in [2.05, 4.69) is 138 Å². The van der Waals surface area contributed by atoms with Gasteiger partial charge in [0.15, 0.2) is 0 Å². The quantitative estimate of drug-likeness (QED) is 0.156. The first kappa shape index (κ1) is 31.7. The van der Waals surface area contributed by atoms with Crippen molar-refractivity contribution in [3.8, 4) is 33.6 Å². The Morgan fingerprint density at radius 3 is 1.27 bits per heavy atom. The summed E-state index contributed by atoms with van der Waals surface area (Å²) in [5.74, 6) is 0. The number of aromatic nitrogens is 4. The van der Waals surface area contributed by atoms with Crippen LogP contribution < -0.4 is 0 Å². The zero-order valence-electron chi connectivity index (χ0n) is 37.9. The molecule has 0 spiro atoms. The van der Waals surface area contributed by atoms with Gasteiger partial charge in [-0.2, -0.15) is 10.2 Å². The Hall–Kier alpha value is -5.48. The summed E-state index contributed by atoms with van der Waals surface area (Å²) in [4.78, 5) is 0. The van der Waals surface area contributed by atoms with Gasteiger partial charge < -0.3 is 0 Å². The van der Waals surface area contributed by atoms with Gasteiger partial charge in [-0.15, -0.1) is 0 Å². The molecule has 0 aliphatic carbocycles. The highest BCUT2D eigenvalue weighted by molar-refractivity contribution is 5.72. The van der Waals surface area contributed by atoms with Crippen LogP contribution in [0.2, 0.25) is 0 Å². The third-order valence-electron chi connectivity index (χ3n) is 13.8. The number of benzene rings is 5. The van der Waals surface area contributed by atoms with Gasteiger partial charge in [0.05, 0.1) is 35.2 Å². The van der Waals surface area contributed by atoms with Crippen LogP contribution in [0, 0.1) is 0 Å². The second-order valence-electron chi connectivity index (χ2n) is 17.9. The highest BCUT2D eigenvalue weighted by atomic mass is 15.3. The molecule has 0 bridgehead atoms. The van der Waals surface area contributed by atoms with E-state index in [1.165, 1.54) is 11.4 Å². The summed E-state index contributed by atoms with van der Waals surface area (Å²) in [6, 6.07) is 40.5. The molecule has 56 heavy (non-hydrogen) atoms. The maximum atomic E-state index is 9.38. The van der Waals surface area contributed by atoms with Crippen LogP contribution in [-0.4, -0.2) is 19.6 Å². The van der Waals surface area contributed by atoms with Crippen molar-refractivity contribution in [2.24, 2.45) is 0 Å². The van der Waals surface area contributed by atoms with Crippen molar-refractivity contribution in [2.75, 3.05) is 0 Å². The van der Waals surface area contributed by atoms with E-state index in [0.29, 0.717) is 11.1 Å². The number of rotatable bonds is 8. The summed E-state index contributed by atoms with van der Waals surface area (Å²) in [5.41, 5.74) is 12.8. The Kier molecular flexibility index (Phi) is 7.39. The molecule has 0 radical (unpaired) electrons. The fraction of sp³-hybridized carbons (Fsp3) is 0.308. The van der Waals surface area contributed by atoms with E-state index < -0.39 is 12.7 Å². The molecule has 0 saturated heterocycles. The minimum Gasteiger partial charge on any atom is -0.236 e. The van der Waals surface area contributed by atoms with Gasteiger partial charge in [0.25, 0.3) is 0 Å². The molecule has 282 valence electrons. The zero-order valence-corrected chi connectivity index (χ0v) is 33.9. The van der Waals surface area contributed by atoms with Crippen LogP contribution in [0.25, 0.3) is 33.6 Å². The van der Waals surface area contributed by atoms with Crippen molar-refractivity contribution in [1.29, 1.82) is 0 Å². The van der Waals surface area contributed by atoms with E-state index in [4.69, 9.17) is 10.2 Å². The molecule has 0 N–H and O–H groups in total. The lowest BCUT2D eigenvalue weighted by atomic mass is 9.59. The Morgan fingerprint density at radius 1 is 0.446 bits per heavy atom. The summed E-state index contributed by atoms with van der Waals surface area (Å²) in [7, 11) is 0. The van der Waals surface area contributed by atoms with Crippen LogP contribution in [0.5, 0.6) is 0 Å². The topological polar surface area (TPSA) is 35.6 Å². The Balaban J connectivity index is 0.996. The first-order valence-electron chi connectivity index (χ1n) is 21.9. The molecule has 2 aliphatic heterocycles. The SMILES string of the molecule is [2H]C([2H])(Cc1ccc2c(c1)C(C)(C)C(C)(C)c1c(-c3ccccc3)cnn1-2)c1cccc(C([2H])([2H])Cc2ccc3c(c2)C(C)(C)C(C)(C)c2c(-c4ccccc4)cnn2-3)c1. The molecule has 0 amide bonds. The van der Waals surface area contributed by atoms with Crippen molar-refractivity contribution in [2.45, 2.75) is 103 Å². The second kappa shape index (κ2) is 13.0. The molecule has 0 saturated carbocycles. The predicted octanol–water partition coefficient (Wildman–Crippen LogP) is 12.1. The first-order valence-corrected chi connectivity index (χ1v) is 19.9. The van der Waals surface area contributed by atoms with Gasteiger partial charge in [-0.05, 0) is 82.2 Å². The normalized spacial score (nSPS) is 18.3. The van der Waals surface area contributed by atoms with Crippen molar-refractivity contribution in [1.82, 2.24) is 19.6 Å². The molecule has 4 nitrogen and oxygen atoms in total. The standard InChI is InChI=1S/C52H54N4/c1-49(2)43-31-37(26-28-45(43)55-47(51(49,5)6)41(33-53-55)39-18-11-9-12-19-39)24-22-35-16-15-17-36(30-35)23-25-38-27-29-46-44(32-38)50(3,4)52(7,8)48-42(34-54-56(46)48)40-20-13-10-14-21-40/h9-21,26-34H,22-25H2,1-8H3/i22D2,23D2. The lowest BCUT2D eigenvalue weighted by Gasteiger charge is -2.47. The lowest BCUT2D eigenvalue weighted by Crippen LogP contribution is -2.46. The molecular weight excluding hydrogens is 681 g/mol. The highest BCUT2D eigenvalue weighted by Crippen LogP contribution is 2.54. The van der Waals surface area contributed by atoms with Gasteiger partial charge in [-0.25, -0.2) is 9.36 Å². The van der Waals surface area contributed by atoms with Gasteiger partial charge in [0.1, 0.15) is 0 Å². The summed E-state index contributed by atoms with van der Waals surface area (Å²) >= 11 is 0. The van der Waals surface area contributed by atoms with E-state index in [1.807, 2.05) is 36.7 Å². The Labute approximate surface area is 338 Å². The molecule has 0 unspecified atom stereocenters. The molecule has 2 aromatic heterocycles. The summed E-state index contributed by atoms with van der Waals surface area (Å²) in [6.45, 7) is 18.2. The van der Waals surface area contributed by atoms with Gasteiger partial charge >= 0.3 is 0 Å². The fourth-order valence-corrected chi connectivity index (χ4v) is 9.09. The summed E-state index contributed by atoms with van der Waals surface area (Å²) < 4.78 is 41.7. The minimum absolute atomic E-state index is 0.154. The van der Waals surface area contributed by atoms with Crippen molar-refractivity contribution in [3.05, 3.63) is 178 Å². The first-order chi connectivity index (χ1) is 28.3. The maximum absolute atomic E-state index is 9.38. The lowest BCUT2D eigenvalue weighted by molar-refractivity contribution is 0.276. The Bertz CT molecular complexity index is 2590. The molecule has 0 atom stereocenters. The molecule has 2 aliphatic rings. The number of aryl methyl sites for hydroxylation is 4. The van der Waals surface area contributed by atoms with Crippen LogP contribution >= 0.6 is 0 Å². The van der Waals surface area contributed by atoms with Gasteiger partial charge in [-0.3, -0.25) is 0 Å². The van der Waals surface area contributed by atoms with Crippen LogP contribution in [0.3, 0.4) is 0 Å². The van der Waals surface area contributed by atoms with E-state index in [1.54, 1.807) is 24.3 Å². The van der Waals surface area contributed by atoms with Crippen LogP contribution in [0.1, 0.15) is 106 Å².